The van der Waals surface area contributed by atoms with Crippen LogP contribution in [0.4, 0.5) is 10.9 Å². The Morgan fingerprint density at radius 3 is 2.89 bits per heavy atom. The molecule has 0 spiro atoms. The van der Waals surface area contributed by atoms with Gasteiger partial charge in [0.15, 0.2) is 0 Å². The summed E-state index contributed by atoms with van der Waals surface area (Å²) in [5.74, 6) is 0.720. The summed E-state index contributed by atoms with van der Waals surface area (Å²) in [5, 5.41) is 16.1. The molecule has 0 atom stereocenters. The number of nitrogens with zero attached hydrogens (tertiary/aromatic N) is 7. The second kappa shape index (κ2) is 7.77. The molecule has 0 aliphatic carbocycles. The molecule has 0 amide bonds. The lowest BCUT2D eigenvalue weighted by molar-refractivity contribution is 0.380. The molecule has 4 rings (SSSR count). The quantitative estimate of drug-likeness (QED) is 0.527. The molecule has 4 aromatic heterocycles. The molecule has 138 valence electrons. The van der Waals surface area contributed by atoms with E-state index in [4.69, 9.17) is 0 Å². The SMILES string of the molecule is CN(C)CCCn1cc(-c2cnc3ccc(Nc4nncs4)nc3c2)cn1. The highest BCUT2D eigenvalue weighted by Gasteiger charge is 2.07. The number of nitrogens with one attached hydrogen (secondary N) is 1. The van der Waals surface area contributed by atoms with Gasteiger partial charge in [0.05, 0.1) is 17.2 Å². The highest BCUT2D eigenvalue weighted by molar-refractivity contribution is 7.13. The van der Waals surface area contributed by atoms with Gasteiger partial charge < -0.3 is 10.2 Å². The van der Waals surface area contributed by atoms with Crippen molar-refractivity contribution in [2.24, 2.45) is 0 Å². The van der Waals surface area contributed by atoms with Crippen molar-refractivity contribution in [3.63, 3.8) is 0 Å². The van der Waals surface area contributed by atoms with Gasteiger partial charge in [-0.1, -0.05) is 11.3 Å². The lowest BCUT2D eigenvalue weighted by Gasteiger charge is -2.08. The minimum atomic E-state index is 0.713. The molecule has 0 radical (unpaired) electrons. The van der Waals surface area contributed by atoms with Crippen molar-refractivity contribution in [3.05, 3.63) is 42.3 Å². The number of anilines is 2. The number of aromatic nitrogens is 6. The van der Waals surface area contributed by atoms with Crippen LogP contribution in [0.3, 0.4) is 0 Å². The van der Waals surface area contributed by atoms with Gasteiger partial charge in [-0.15, -0.1) is 10.2 Å². The molecule has 0 aliphatic rings. The Hall–Kier alpha value is -2.91. The van der Waals surface area contributed by atoms with Crippen LogP contribution in [0, 0.1) is 0 Å². The fourth-order valence-electron chi connectivity index (χ4n) is 2.76. The zero-order chi connectivity index (χ0) is 18.6. The van der Waals surface area contributed by atoms with Crippen molar-refractivity contribution in [1.82, 2.24) is 34.8 Å². The smallest absolute Gasteiger partial charge is 0.210 e. The van der Waals surface area contributed by atoms with Crippen molar-refractivity contribution in [3.8, 4) is 11.1 Å². The predicted octanol–water partition coefficient (Wildman–Crippen LogP) is 3.04. The normalized spacial score (nSPS) is 11.4. The summed E-state index contributed by atoms with van der Waals surface area (Å²) in [6.07, 6.45) is 6.86. The van der Waals surface area contributed by atoms with Gasteiger partial charge in [-0.3, -0.25) is 9.67 Å². The summed E-state index contributed by atoms with van der Waals surface area (Å²) in [6, 6.07) is 5.87. The van der Waals surface area contributed by atoms with E-state index in [9.17, 15) is 0 Å². The van der Waals surface area contributed by atoms with E-state index in [-0.39, 0.29) is 0 Å². The maximum Gasteiger partial charge on any atom is 0.210 e. The second-order valence-electron chi connectivity index (χ2n) is 6.48. The lowest BCUT2D eigenvalue weighted by Crippen LogP contribution is -2.15. The second-order valence-corrected chi connectivity index (χ2v) is 7.31. The molecule has 0 aliphatic heterocycles. The van der Waals surface area contributed by atoms with Crippen molar-refractivity contribution in [1.29, 1.82) is 0 Å². The third kappa shape index (κ3) is 4.26. The third-order valence-electron chi connectivity index (χ3n) is 4.09. The van der Waals surface area contributed by atoms with Gasteiger partial charge in [0.25, 0.3) is 0 Å². The Balaban J connectivity index is 1.54. The van der Waals surface area contributed by atoms with Crippen LogP contribution in [0.25, 0.3) is 22.2 Å². The van der Waals surface area contributed by atoms with E-state index < -0.39 is 0 Å². The first-order chi connectivity index (χ1) is 13.2. The first-order valence-corrected chi connectivity index (χ1v) is 9.53. The van der Waals surface area contributed by atoms with Gasteiger partial charge in [-0.2, -0.15) is 5.10 Å². The topological polar surface area (TPSA) is 84.7 Å². The van der Waals surface area contributed by atoms with Crippen molar-refractivity contribution < 1.29 is 0 Å². The number of hydrogen-bond donors (Lipinski definition) is 1. The summed E-state index contributed by atoms with van der Waals surface area (Å²) in [4.78, 5) is 11.4. The summed E-state index contributed by atoms with van der Waals surface area (Å²) in [6.45, 7) is 1.94. The van der Waals surface area contributed by atoms with E-state index >= 15 is 0 Å². The van der Waals surface area contributed by atoms with Crippen LogP contribution in [0.15, 0.2) is 42.3 Å². The van der Waals surface area contributed by atoms with Gasteiger partial charge in [-0.05, 0) is 45.3 Å². The zero-order valence-electron chi connectivity index (χ0n) is 15.2. The zero-order valence-corrected chi connectivity index (χ0v) is 16.0. The Labute approximate surface area is 160 Å². The number of rotatable bonds is 7. The molecule has 27 heavy (non-hydrogen) atoms. The van der Waals surface area contributed by atoms with E-state index in [0.29, 0.717) is 5.13 Å². The molecule has 1 N–H and O–H groups in total. The van der Waals surface area contributed by atoms with Crippen LogP contribution in [0.2, 0.25) is 0 Å². The van der Waals surface area contributed by atoms with E-state index in [0.717, 1.165) is 47.5 Å². The summed E-state index contributed by atoms with van der Waals surface area (Å²) in [5.41, 5.74) is 5.39. The molecule has 4 heterocycles. The highest BCUT2D eigenvalue weighted by atomic mass is 32.1. The number of hydrogen-bond acceptors (Lipinski definition) is 8. The largest absolute Gasteiger partial charge is 0.315 e. The minimum absolute atomic E-state index is 0.713. The molecular weight excluding hydrogens is 360 g/mol. The highest BCUT2D eigenvalue weighted by Crippen LogP contribution is 2.23. The standard InChI is InChI=1S/C18H20N8S/c1-25(2)6-3-7-26-11-14(10-21-26)13-8-16-15(19-9-13)4-5-17(22-16)23-18-24-20-12-27-18/h4-5,8-12H,3,6-7H2,1-2H3,(H,22,23,24). The Kier molecular flexibility index (Phi) is 5.03. The molecule has 0 saturated carbocycles. The van der Waals surface area contributed by atoms with Crippen molar-refractivity contribution >= 4 is 33.3 Å². The fourth-order valence-corrected chi connectivity index (χ4v) is 3.21. The molecule has 8 nitrogen and oxygen atoms in total. The van der Waals surface area contributed by atoms with E-state index in [1.165, 1.54) is 11.3 Å². The van der Waals surface area contributed by atoms with Crippen LogP contribution >= 0.6 is 11.3 Å². The maximum absolute atomic E-state index is 4.64. The molecule has 0 bridgehead atoms. The number of fused-ring (bicyclic) bond motifs is 1. The van der Waals surface area contributed by atoms with Gasteiger partial charge >= 0.3 is 0 Å². The van der Waals surface area contributed by atoms with E-state index in [2.05, 4.69) is 55.8 Å². The van der Waals surface area contributed by atoms with Crippen molar-refractivity contribution in [2.75, 3.05) is 26.0 Å². The Morgan fingerprint density at radius 1 is 1.15 bits per heavy atom. The van der Waals surface area contributed by atoms with Crippen LogP contribution in [0.5, 0.6) is 0 Å². The molecule has 0 saturated heterocycles. The van der Waals surface area contributed by atoms with E-state index in [1.807, 2.05) is 35.3 Å². The number of aryl methyl sites for hydroxylation is 1. The monoisotopic (exact) mass is 380 g/mol. The van der Waals surface area contributed by atoms with Gasteiger partial charge in [0.2, 0.25) is 5.13 Å². The van der Waals surface area contributed by atoms with Crippen LogP contribution in [0.1, 0.15) is 6.42 Å². The van der Waals surface area contributed by atoms with E-state index in [1.54, 1.807) is 5.51 Å². The first kappa shape index (κ1) is 17.5. The lowest BCUT2D eigenvalue weighted by atomic mass is 10.1. The summed E-state index contributed by atoms with van der Waals surface area (Å²) < 4.78 is 1.98. The molecule has 0 unspecified atom stereocenters. The van der Waals surface area contributed by atoms with Crippen LogP contribution < -0.4 is 5.32 Å². The third-order valence-corrected chi connectivity index (χ3v) is 4.70. The van der Waals surface area contributed by atoms with Gasteiger partial charge in [-0.25, -0.2) is 4.98 Å². The van der Waals surface area contributed by atoms with Crippen LogP contribution in [-0.2, 0) is 6.54 Å². The van der Waals surface area contributed by atoms with Gasteiger partial charge in [0.1, 0.15) is 11.3 Å². The van der Waals surface area contributed by atoms with Gasteiger partial charge in [0, 0.05) is 30.1 Å². The summed E-state index contributed by atoms with van der Waals surface area (Å²) in [7, 11) is 4.16. The Morgan fingerprint density at radius 2 is 2.07 bits per heavy atom. The molecule has 4 aromatic rings. The molecule has 0 fully saturated rings. The average Bonchev–Trinajstić information content (AvgIpc) is 3.33. The molecule has 0 aromatic carbocycles. The molecule has 9 heteroatoms. The van der Waals surface area contributed by atoms with Crippen LogP contribution in [-0.4, -0.2) is 55.5 Å². The summed E-state index contributed by atoms with van der Waals surface area (Å²) >= 11 is 1.43. The molecular formula is C18H20N8S. The minimum Gasteiger partial charge on any atom is -0.315 e. The number of pyridine rings is 2. The Bertz CT molecular complexity index is 1020. The van der Waals surface area contributed by atoms with Crippen molar-refractivity contribution in [2.45, 2.75) is 13.0 Å². The first-order valence-electron chi connectivity index (χ1n) is 8.65. The fraction of sp³-hybridized carbons (Fsp3) is 0.278. The predicted molar refractivity (Wildman–Crippen MR) is 107 cm³/mol. The maximum atomic E-state index is 4.64. The average molecular weight is 380 g/mol.